The van der Waals surface area contributed by atoms with Crippen molar-refractivity contribution >= 4 is 28.6 Å². The van der Waals surface area contributed by atoms with Crippen LogP contribution in [0.4, 0.5) is 0 Å². The Morgan fingerprint density at radius 3 is 2.78 bits per heavy atom. The van der Waals surface area contributed by atoms with Crippen molar-refractivity contribution < 1.29 is 4.79 Å². The van der Waals surface area contributed by atoms with Crippen LogP contribution in [0.25, 0.3) is 0 Å². The fourth-order valence-corrected chi connectivity index (χ4v) is 5.67. The van der Waals surface area contributed by atoms with Crippen molar-refractivity contribution in [3.05, 3.63) is 56.2 Å². The van der Waals surface area contributed by atoms with Crippen LogP contribution in [0, 0.1) is 13.8 Å². The Morgan fingerprint density at radius 2 is 2.04 bits per heavy atom. The van der Waals surface area contributed by atoms with Crippen LogP contribution in [0.3, 0.4) is 0 Å². The predicted octanol–water partition coefficient (Wildman–Crippen LogP) is 3.10. The lowest BCUT2D eigenvalue weighted by atomic mass is 10.1. The molecule has 3 aromatic heterocycles. The number of amides is 1. The van der Waals surface area contributed by atoms with Gasteiger partial charge in [-0.1, -0.05) is 0 Å². The highest BCUT2D eigenvalue weighted by Crippen LogP contribution is 2.35. The second kappa shape index (κ2) is 6.54. The van der Waals surface area contributed by atoms with Crippen LogP contribution in [0.5, 0.6) is 0 Å². The second-order valence-electron chi connectivity index (χ2n) is 7.28. The molecule has 6 nitrogen and oxygen atoms in total. The third kappa shape index (κ3) is 2.92. The van der Waals surface area contributed by atoms with E-state index in [1.165, 1.54) is 4.88 Å². The molecule has 0 saturated carbocycles. The number of thiazole rings is 2. The summed E-state index contributed by atoms with van der Waals surface area (Å²) in [6, 6.07) is 4.39. The summed E-state index contributed by atoms with van der Waals surface area (Å²) >= 11 is 3.36. The zero-order valence-corrected chi connectivity index (χ0v) is 17.0. The van der Waals surface area contributed by atoms with Crippen molar-refractivity contribution in [1.29, 1.82) is 0 Å². The summed E-state index contributed by atoms with van der Waals surface area (Å²) in [5.41, 5.74) is 4.81. The Hall–Kier alpha value is -2.03. The highest BCUT2D eigenvalue weighted by Gasteiger charge is 2.45. The summed E-state index contributed by atoms with van der Waals surface area (Å²) in [6.45, 7) is 7.40. The predicted molar refractivity (Wildman–Crippen MR) is 106 cm³/mol. The molecule has 8 heteroatoms. The monoisotopic (exact) mass is 399 g/mol. The zero-order valence-electron chi connectivity index (χ0n) is 15.3. The standard InChI is InChI=1S/C19H21N5OS2/c1-12-18(27-11-20-12)9-22-7-16-17(8-22)24(6-14-10-26-13(2)21-14)19(25)15-4-3-5-23(15)16/h3-5,10-11,16-17H,6-9H2,1-2H3/t16-,17+/m0/s1. The minimum atomic E-state index is 0.114. The van der Waals surface area contributed by atoms with E-state index in [2.05, 4.69) is 37.9 Å². The average molecular weight is 400 g/mol. The number of fused-ring (bicyclic) bond motifs is 3. The Kier molecular flexibility index (Phi) is 4.14. The van der Waals surface area contributed by atoms with Gasteiger partial charge in [0.15, 0.2) is 0 Å². The second-order valence-corrected chi connectivity index (χ2v) is 9.28. The number of aromatic nitrogens is 3. The minimum absolute atomic E-state index is 0.114. The van der Waals surface area contributed by atoms with Crippen molar-refractivity contribution in [2.75, 3.05) is 13.1 Å². The van der Waals surface area contributed by atoms with Gasteiger partial charge >= 0.3 is 0 Å². The van der Waals surface area contributed by atoms with Gasteiger partial charge in [-0.3, -0.25) is 9.69 Å². The number of nitrogens with zero attached hydrogens (tertiary/aromatic N) is 5. The molecule has 0 radical (unpaired) electrons. The Morgan fingerprint density at radius 1 is 1.19 bits per heavy atom. The minimum Gasteiger partial charge on any atom is -0.337 e. The molecule has 0 aliphatic carbocycles. The highest BCUT2D eigenvalue weighted by atomic mass is 32.1. The van der Waals surface area contributed by atoms with Crippen molar-refractivity contribution in [2.45, 2.75) is 39.0 Å². The average Bonchev–Trinajstić information content (AvgIpc) is 3.40. The smallest absolute Gasteiger partial charge is 0.271 e. The number of rotatable bonds is 4. The maximum absolute atomic E-state index is 13.2. The van der Waals surface area contributed by atoms with E-state index in [4.69, 9.17) is 0 Å². The van der Waals surface area contributed by atoms with Crippen LogP contribution in [0.1, 0.15) is 37.8 Å². The molecule has 3 aromatic rings. The summed E-state index contributed by atoms with van der Waals surface area (Å²) in [5, 5.41) is 3.11. The van der Waals surface area contributed by atoms with E-state index in [1.807, 2.05) is 29.5 Å². The fraction of sp³-hybridized carbons (Fsp3) is 0.421. The highest BCUT2D eigenvalue weighted by molar-refractivity contribution is 7.09. The van der Waals surface area contributed by atoms with Gasteiger partial charge in [-0.25, -0.2) is 9.97 Å². The topological polar surface area (TPSA) is 54.3 Å². The van der Waals surface area contributed by atoms with Gasteiger partial charge in [-0.05, 0) is 26.0 Å². The summed E-state index contributed by atoms with van der Waals surface area (Å²) in [4.78, 5) is 27.9. The van der Waals surface area contributed by atoms with Crippen molar-refractivity contribution in [3.8, 4) is 0 Å². The van der Waals surface area contributed by atoms with Gasteiger partial charge < -0.3 is 9.47 Å². The van der Waals surface area contributed by atoms with E-state index in [0.717, 1.165) is 41.7 Å². The first-order chi connectivity index (χ1) is 13.1. The van der Waals surface area contributed by atoms with E-state index in [1.54, 1.807) is 22.7 Å². The first-order valence-electron chi connectivity index (χ1n) is 9.10. The molecule has 5 heterocycles. The van der Waals surface area contributed by atoms with Gasteiger partial charge in [0.05, 0.1) is 40.5 Å². The molecule has 27 heavy (non-hydrogen) atoms. The maximum atomic E-state index is 13.2. The number of carbonyl (C=O) groups is 1. The van der Waals surface area contributed by atoms with E-state index in [9.17, 15) is 4.79 Å². The molecule has 0 unspecified atom stereocenters. The van der Waals surface area contributed by atoms with E-state index >= 15 is 0 Å². The molecule has 2 aliphatic rings. The van der Waals surface area contributed by atoms with Crippen molar-refractivity contribution in [2.24, 2.45) is 0 Å². The van der Waals surface area contributed by atoms with Gasteiger partial charge in [-0.15, -0.1) is 22.7 Å². The lowest BCUT2D eigenvalue weighted by molar-refractivity contribution is 0.0554. The Labute approximate surface area is 166 Å². The molecule has 0 spiro atoms. The summed E-state index contributed by atoms with van der Waals surface area (Å²) in [5.74, 6) is 0.114. The molecule has 1 fully saturated rings. The number of hydrogen-bond acceptors (Lipinski definition) is 6. The van der Waals surface area contributed by atoms with E-state index in [-0.39, 0.29) is 11.9 Å². The lowest BCUT2D eigenvalue weighted by Crippen LogP contribution is -2.49. The van der Waals surface area contributed by atoms with Crippen LogP contribution in [0.2, 0.25) is 0 Å². The van der Waals surface area contributed by atoms with Crippen LogP contribution < -0.4 is 0 Å². The fourth-order valence-electron chi connectivity index (χ4n) is 4.24. The summed E-state index contributed by atoms with van der Waals surface area (Å²) < 4.78 is 2.18. The molecule has 2 aliphatic heterocycles. The molecule has 1 amide bonds. The number of carbonyl (C=O) groups excluding carboxylic acids is 1. The lowest BCUT2D eigenvalue weighted by Gasteiger charge is -2.38. The molecule has 5 rings (SSSR count). The summed E-state index contributed by atoms with van der Waals surface area (Å²) in [7, 11) is 0. The van der Waals surface area contributed by atoms with E-state index in [0.29, 0.717) is 12.6 Å². The van der Waals surface area contributed by atoms with Crippen LogP contribution >= 0.6 is 22.7 Å². The third-order valence-electron chi connectivity index (χ3n) is 5.56. The van der Waals surface area contributed by atoms with Crippen LogP contribution in [-0.4, -0.2) is 49.4 Å². The molecule has 0 N–H and O–H groups in total. The molecular formula is C19H21N5OS2. The first-order valence-corrected chi connectivity index (χ1v) is 10.9. The molecule has 0 aromatic carbocycles. The normalized spacial score (nSPS) is 22.3. The number of aryl methyl sites for hydroxylation is 2. The molecule has 1 saturated heterocycles. The quantitative estimate of drug-likeness (QED) is 0.677. The van der Waals surface area contributed by atoms with Gasteiger partial charge in [0.1, 0.15) is 5.69 Å². The Balaban J connectivity index is 1.44. The maximum Gasteiger partial charge on any atom is 0.271 e. The largest absolute Gasteiger partial charge is 0.337 e. The first kappa shape index (κ1) is 17.1. The summed E-state index contributed by atoms with van der Waals surface area (Å²) in [6.07, 6.45) is 2.05. The molecule has 2 atom stereocenters. The van der Waals surface area contributed by atoms with E-state index < -0.39 is 0 Å². The zero-order chi connectivity index (χ0) is 18.5. The van der Waals surface area contributed by atoms with Gasteiger partial charge in [0.2, 0.25) is 0 Å². The van der Waals surface area contributed by atoms with Crippen LogP contribution in [0.15, 0.2) is 29.2 Å². The van der Waals surface area contributed by atoms with Gasteiger partial charge in [-0.2, -0.15) is 0 Å². The van der Waals surface area contributed by atoms with Crippen molar-refractivity contribution in [1.82, 2.24) is 24.3 Å². The van der Waals surface area contributed by atoms with Crippen molar-refractivity contribution in [3.63, 3.8) is 0 Å². The van der Waals surface area contributed by atoms with Crippen LogP contribution in [-0.2, 0) is 13.1 Å². The number of likely N-dealkylation sites (tertiary alicyclic amines) is 1. The Bertz CT molecular complexity index is 990. The van der Waals surface area contributed by atoms with Gasteiger partial charge in [0.25, 0.3) is 5.91 Å². The SMILES string of the molecule is Cc1nc(CN2C(=O)c3cccn3[C@H]3CN(Cc4scnc4C)C[C@H]32)cs1. The van der Waals surface area contributed by atoms with Gasteiger partial charge in [0, 0.05) is 36.1 Å². The third-order valence-corrected chi connectivity index (χ3v) is 7.30. The molecule has 140 valence electrons. The number of hydrogen-bond donors (Lipinski definition) is 0. The molecule has 0 bridgehead atoms. The molecular weight excluding hydrogens is 378 g/mol.